The number of aromatic nitrogens is 1. The van der Waals surface area contributed by atoms with Gasteiger partial charge in [0.05, 0.1) is 19.8 Å². The minimum Gasteiger partial charge on any atom is -0.473 e. The first kappa shape index (κ1) is 15.7. The van der Waals surface area contributed by atoms with E-state index in [-0.39, 0.29) is 6.10 Å². The summed E-state index contributed by atoms with van der Waals surface area (Å²) in [6.07, 6.45) is 0.532. The zero-order valence-electron chi connectivity index (χ0n) is 12.6. The van der Waals surface area contributed by atoms with Crippen LogP contribution >= 0.6 is 0 Å². The van der Waals surface area contributed by atoms with Gasteiger partial charge in [0.15, 0.2) is 0 Å². The van der Waals surface area contributed by atoms with Gasteiger partial charge in [-0.25, -0.2) is 4.98 Å². The van der Waals surface area contributed by atoms with Crippen molar-refractivity contribution in [2.24, 2.45) is 0 Å². The van der Waals surface area contributed by atoms with Crippen molar-refractivity contribution >= 4 is 10.2 Å². The van der Waals surface area contributed by atoms with Gasteiger partial charge in [-0.2, -0.15) is 17.0 Å². The molecule has 2 aliphatic heterocycles. The van der Waals surface area contributed by atoms with E-state index in [4.69, 9.17) is 9.47 Å². The molecule has 0 spiro atoms. The molecule has 2 aliphatic rings. The molecule has 0 N–H and O–H groups in total. The second-order valence-electron chi connectivity index (χ2n) is 5.52. The van der Waals surface area contributed by atoms with Crippen LogP contribution in [0.4, 0.5) is 0 Å². The van der Waals surface area contributed by atoms with Crippen molar-refractivity contribution in [2.75, 3.05) is 39.4 Å². The van der Waals surface area contributed by atoms with Crippen LogP contribution in [0.25, 0.3) is 0 Å². The third kappa shape index (κ3) is 3.40. The van der Waals surface area contributed by atoms with Crippen molar-refractivity contribution in [1.29, 1.82) is 0 Å². The molecule has 0 amide bonds. The highest BCUT2D eigenvalue weighted by molar-refractivity contribution is 7.86. The second kappa shape index (κ2) is 6.49. The molecule has 0 aliphatic carbocycles. The molecule has 0 aromatic carbocycles. The molecule has 0 bridgehead atoms. The lowest BCUT2D eigenvalue weighted by atomic mass is 10.3. The standard InChI is InChI=1S/C14H21N3O4S/c1-12-3-2-4-14(15-12)21-13-5-6-17(11-13)22(18,19)16-7-9-20-10-8-16/h2-4,13H,5-11H2,1H3/t13-/m1/s1. The Morgan fingerprint density at radius 3 is 2.73 bits per heavy atom. The minimum absolute atomic E-state index is 0.148. The van der Waals surface area contributed by atoms with Crippen molar-refractivity contribution in [1.82, 2.24) is 13.6 Å². The van der Waals surface area contributed by atoms with Gasteiger partial charge in [-0.05, 0) is 19.4 Å². The number of nitrogens with zero attached hydrogens (tertiary/aromatic N) is 3. The molecule has 2 fully saturated rings. The summed E-state index contributed by atoms with van der Waals surface area (Å²) >= 11 is 0. The van der Waals surface area contributed by atoms with Gasteiger partial charge < -0.3 is 9.47 Å². The summed E-state index contributed by atoms with van der Waals surface area (Å²) < 4.78 is 39.1. The SMILES string of the molecule is Cc1cccc(O[C@@H]2CCN(S(=O)(=O)N3CCOCC3)C2)n1. The third-order valence-corrected chi connectivity index (χ3v) is 5.88. The topological polar surface area (TPSA) is 72.0 Å². The summed E-state index contributed by atoms with van der Waals surface area (Å²) in [6.45, 7) is 4.51. The summed E-state index contributed by atoms with van der Waals surface area (Å²) in [5.74, 6) is 0.552. The average Bonchev–Trinajstić information content (AvgIpc) is 2.97. The molecule has 1 atom stereocenters. The maximum absolute atomic E-state index is 12.6. The molecule has 1 aromatic heterocycles. The van der Waals surface area contributed by atoms with Crippen LogP contribution in [0.3, 0.4) is 0 Å². The molecule has 8 heteroatoms. The van der Waals surface area contributed by atoms with E-state index in [0.29, 0.717) is 51.7 Å². The van der Waals surface area contributed by atoms with E-state index in [0.717, 1.165) is 5.69 Å². The maximum Gasteiger partial charge on any atom is 0.282 e. The van der Waals surface area contributed by atoms with E-state index >= 15 is 0 Å². The van der Waals surface area contributed by atoms with Crippen molar-refractivity contribution < 1.29 is 17.9 Å². The van der Waals surface area contributed by atoms with Gasteiger partial charge in [0.25, 0.3) is 10.2 Å². The van der Waals surface area contributed by atoms with Gasteiger partial charge in [-0.1, -0.05) is 6.07 Å². The molecular formula is C14H21N3O4S. The van der Waals surface area contributed by atoms with E-state index in [1.165, 1.54) is 8.61 Å². The predicted molar refractivity (Wildman–Crippen MR) is 80.9 cm³/mol. The lowest BCUT2D eigenvalue weighted by molar-refractivity contribution is 0.0703. The summed E-state index contributed by atoms with van der Waals surface area (Å²) in [4.78, 5) is 4.30. The number of rotatable bonds is 4. The van der Waals surface area contributed by atoms with Gasteiger partial charge in [0.2, 0.25) is 5.88 Å². The molecule has 22 heavy (non-hydrogen) atoms. The minimum atomic E-state index is -3.41. The average molecular weight is 327 g/mol. The fraction of sp³-hybridized carbons (Fsp3) is 0.643. The largest absolute Gasteiger partial charge is 0.473 e. The second-order valence-corrected chi connectivity index (χ2v) is 7.45. The van der Waals surface area contributed by atoms with Crippen LogP contribution in [0, 0.1) is 6.92 Å². The van der Waals surface area contributed by atoms with Crippen molar-refractivity contribution in [2.45, 2.75) is 19.4 Å². The molecule has 3 heterocycles. The molecule has 3 rings (SSSR count). The van der Waals surface area contributed by atoms with Crippen LogP contribution in [0.5, 0.6) is 5.88 Å². The van der Waals surface area contributed by atoms with E-state index in [2.05, 4.69) is 4.98 Å². The monoisotopic (exact) mass is 327 g/mol. The molecule has 0 saturated carbocycles. The highest BCUT2D eigenvalue weighted by atomic mass is 32.2. The summed E-state index contributed by atoms with van der Waals surface area (Å²) in [5, 5.41) is 0. The van der Waals surface area contributed by atoms with E-state index in [1.54, 1.807) is 6.07 Å². The number of aryl methyl sites for hydroxylation is 1. The molecule has 0 unspecified atom stereocenters. The summed E-state index contributed by atoms with van der Waals surface area (Å²) in [7, 11) is -3.41. The van der Waals surface area contributed by atoms with Crippen molar-refractivity contribution in [3.05, 3.63) is 23.9 Å². The first-order chi connectivity index (χ1) is 10.6. The maximum atomic E-state index is 12.6. The van der Waals surface area contributed by atoms with Crippen LogP contribution in [0.1, 0.15) is 12.1 Å². The lowest BCUT2D eigenvalue weighted by Gasteiger charge is -2.29. The molecule has 1 aromatic rings. The number of morpholine rings is 1. The Balaban J connectivity index is 1.62. The highest BCUT2D eigenvalue weighted by Crippen LogP contribution is 2.21. The Bertz CT molecular complexity index is 616. The first-order valence-electron chi connectivity index (χ1n) is 7.49. The fourth-order valence-corrected chi connectivity index (χ4v) is 4.33. The third-order valence-electron chi connectivity index (χ3n) is 3.88. The van der Waals surface area contributed by atoms with Gasteiger partial charge in [-0.15, -0.1) is 0 Å². The van der Waals surface area contributed by atoms with Crippen LogP contribution in [-0.2, 0) is 14.9 Å². The molecule has 2 saturated heterocycles. The predicted octanol–water partition coefficient (Wildman–Crippen LogP) is 0.420. The smallest absolute Gasteiger partial charge is 0.282 e. The van der Waals surface area contributed by atoms with Gasteiger partial charge in [0, 0.05) is 31.4 Å². The van der Waals surface area contributed by atoms with Crippen LogP contribution in [0.2, 0.25) is 0 Å². The number of hydrogen-bond donors (Lipinski definition) is 0. The zero-order chi connectivity index (χ0) is 15.6. The van der Waals surface area contributed by atoms with Crippen LogP contribution < -0.4 is 4.74 Å². The van der Waals surface area contributed by atoms with E-state index in [1.807, 2.05) is 19.1 Å². The molecule has 0 radical (unpaired) electrons. The Morgan fingerprint density at radius 1 is 1.23 bits per heavy atom. The Kier molecular flexibility index (Phi) is 4.62. The van der Waals surface area contributed by atoms with Crippen molar-refractivity contribution in [3.63, 3.8) is 0 Å². The zero-order valence-corrected chi connectivity index (χ0v) is 13.5. The van der Waals surface area contributed by atoms with E-state index in [9.17, 15) is 8.42 Å². The summed E-state index contributed by atoms with van der Waals surface area (Å²) in [6, 6.07) is 5.58. The highest BCUT2D eigenvalue weighted by Gasteiger charge is 2.37. The summed E-state index contributed by atoms with van der Waals surface area (Å²) in [5.41, 5.74) is 0.883. The van der Waals surface area contributed by atoms with Crippen LogP contribution in [-0.4, -0.2) is 67.5 Å². The first-order valence-corrected chi connectivity index (χ1v) is 8.89. The number of pyridine rings is 1. The molecule has 122 valence electrons. The van der Waals surface area contributed by atoms with E-state index < -0.39 is 10.2 Å². The Labute approximate surface area is 131 Å². The lowest BCUT2D eigenvalue weighted by Crippen LogP contribution is -2.48. The number of ether oxygens (including phenoxy) is 2. The number of hydrogen-bond acceptors (Lipinski definition) is 5. The van der Waals surface area contributed by atoms with Crippen LogP contribution in [0.15, 0.2) is 18.2 Å². The Morgan fingerprint density at radius 2 is 2.00 bits per heavy atom. The fourth-order valence-electron chi connectivity index (χ4n) is 2.70. The van der Waals surface area contributed by atoms with Gasteiger partial charge >= 0.3 is 0 Å². The molecular weight excluding hydrogens is 306 g/mol. The van der Waals surface area contributed by atoms with Gasteiger partial charge in [0.1, 0.15) is 6.10 Å². The molecule has 7 nitrogen and oxygen atoms in total. The quantitative estimate of drug-likeness (QED) is 0.801. The normalized spacial score (nSPS) is 24.5. The van der Waals surface area contributed by atoms with Gasteiger partial charge in [-0.3, -0.25) is 0 Å². The van der Waals surface area contributed by atoms with Crippen molar-refractivity contribution in [3.8, 4) is 5.88 Å². The Hall–Kier alpha value is -1.22.